The van der Waals surface area contributed by atoms with Crippen molar-refractivity contribution in [2.24, 2.45) is 0 Å². The molecule has 23 heavy (non-hydrogen) atoms. The lowest BCUT2D eigenvalue weighted by Crippen LogP contribution is -2.46. The maximum absolute atomic E-state index is 12.6. The number of nitriles is 1. The molecule has 2 amide bonds. The van der Waals surface area contributed by atoms with Crippen molar-refractivity contribution in [3.05, 3.63) is 11.8 Å². The summed E-state index contributed by atoms with van der Waals surface area (Å²) in [5.74, 6) is -0.115. The minimum Gasteiger partial charge on any atom is -0.373 e. The predicted molar refractivity (Wildman–Crippen MR) is 87.2 cm³/mol. The van der Waals surface area contributed by atoms with E-state index in [1.807, 2.05) is 4.90 Å². The molecule has 126 valence electrons. The van der Waals surface area contributed by atoms with E-state index in [4.69, 9.17) is 0 Å². The summed E-state index contributed by atoms with van der Waals surface area (Å²) in [4.78, 5) is 29.4. The van der Waals surface area contributed by atoms with Crippen molar-refractivity contribution in [1.29, 1.82) is 5.26 Å². The molecule has 0 N–H and O–H groups in total. The first-order chi connectivity index (χ1) is 11.0. The summed E-state index contributed by atoms with van der Waals surface area (Å²) in [5, 5.41) is 9.36. The first-order valence-electron chi connectivity index (χ1n) is 8.41. The van der Waals surface area contributed by atoms with Crippen LogP contribution in [0, 0.1) is 11.3 Å². The van der Waals surface area contributed by atoms with Crippen LogP contribution < -0.4 is 0 Å². The molecule has 0 aromatic carbocycles. The number of amides is 2. The summed E-state index contributed by atoms with van der Waals surface area (Å²) in [6.07, 6.45) is 7.26. The van der Waals surface area contributed by atoms with Crippen LogP contribution >= 0.6 is 0 Å². The van der Waals surface area contributed by atoms with Gasteiger partial charge >= 0.3 is 0 Å². The SMILES string of the molecule is CC(=O)N1CCN(/C=C(/C#N)C(=O)N(C)C2CCCCC2)CC1. The fourth-order valence-corrected chi connectivity index (χ4v) is 3.30. The van der Waals surface area contributed by atoms with E-state index in [1.54, 1.807) is 30.0 Å². The predicted octanol–water partition coefficient (Wildman–Crippen LogP) is 1.35. The summed E-state index contributed by atoms with van der Waals surface area (Å²) in [7, 11) is 1.80. The van der Waals surface area contributed by atoms with E-state index >= 15 is 0 Å². The molecule has 1 aliphatic heterocycles. The minimum atomic E-state index is -0.187. The minimum absolute atomic E-state index is 0.0715. The second-order valence-electron chi connectivity index (χ2n) is 6.40. The first kappa shape index (κ1) is 17.3. The first-order valence-corrected chi connectivity index (χ1v) is 8.41. The van der Waals surface area contributed by atoms with Crippen molar-refractivity contribution in [1.82, 2.24) is 14.7 Å². The van der Waals surface area contributed by atoms with Gasteiger partial charge in [-0.05, 0) is 12.8 Å². The molecular formula is C17H26N4O2. The van der Waals surface area contributed by atoms with Gasteiger partial charge in [0.05, 0.1) is 0 Å². The molecule has 1 saturated heterocycles. The van der Waals surface area contributed by atoms with Crippen LogP contribution in [0.4, 0.5) is 0 Å². The second kappa shape index (κ2) is 8.00. The molecule has 2 rings (SSSR count). The molecule has 2 fully saturated rings. The van der Waals surface area contributed by atoms with Gasteiger partial charge in [0.2, 0.25) is 5.91 Å². The third kappa shape index (κ3) is 4.47. The lowest BCUT2D eigenvalue weighted by atomic mass is 9.94. The second-order valence-corrected chi connectivity index (χ2v) is 6.40. The fourth-order valence-electron chi connectivity index (χ4n) is 3.30. The number of piperazine rings is 1. The number of rotatable bonds is 3. The van der Waals surface area contributed by atoms with Crippen LogP contribution in [-0.2, 0) is 9.59 Å². The van der Waals surface area contributed by atoms with Gasteiger partial charge in [-0.1, -0.05) is 19.3 Å². The number of hydrogen-bond acceptors (Lipinski definition) is 4. The maximum atomic E-state index is 12.6. The Kier molecular flexibility index (Phi) is 6.03. The van der Waals surface area contributed by atoms with Crippen molar-refractivity contribution in [3.8, 4) is 6.07 Å². The van der Waals surface area contributed by atoms with Crippen LogP contribution in [0.5, 0.6) is 0 Å². The Morgan fingerprint density at radius 1 is 1.13 bits per heavy atom. The molecule has 1 saturated carbocycles. The van der Waals surface area contributed by atoms with E-state index in [9.17, 15) is 14.9 Å². The van der Waals surface area contributed by atoms with Gasteiger partial charge in [-0.15, -0.1) is 0 Å². The van der Waals surface area contributed by atoms with Crippen molar-refractivity contribution >= 4 is 11.8 Å². The fraction of sp³-hybridized carbons (Fsp3) is 0.706. The summed E-state index contributed by atoms with van der Waals surface area (Å²) < 4.78 is 0. The highest BCUT2D eigenvalue weighted by Crippen LogP contribution is 2.22. The Morgan fingerprint density at radius 3 is 2.26 bits per heavy atom. The zero-order chi connectivity index (χ0) is 16.8. The third-order valence-electron chi connectivity index (χ3n) is 4.86. The zero-order valence-corrected chi connectivity index (χ0v) is 14.1. The molecule has 0 unspecified atom stereocenters. The molecule has 0 aromatic rings. The monoisotopic (exact) mass is 318 g/mol. The summed E-state index contributed by atoms with van der Waals surface area (Å²) in [6, 6.07) is 2.30. The Labute approximate surface area is 138 Å². The van der Waals surface area contributed by atoms with Gasteiger partial charge in [0.25, 0.3) is 5.91 Å². The van der Waals surface area contributed by atoms with Crippen LogP contribution in [0.1, 0.15) is 39.0 Å². The van der Waals surface area contributed by atoms with Gasteiger partial charge in [-0.25, -0.2) is 0 Å². The summed E-state index contributed by atoms with van der Waals surface area (Å²) in [6.45, 7) is 4.15. The maximum Gasteiger partial charge on any atom is 0.265 e. The zero-order valence-electron chi connectivity index (χ0n) is 14.1. The number of carbonyl (C=O) groups is 2. The van der Waals surface area contributed by atoms with Crippen LogP contribution in [0.15, 0.2) is 11.8 Å². The third-order valence-corrected chi connectivity index (χ3v) is 4.86. The molecule has 0 spiro atoms. The Hall–Kier alpha value is -2.03. The molecule has 1 aliphatic carbocycles. The van der Waals surface area contributed by atoms with Gasteiger partial charge < -0.3 is 14.7 Å². The van der Waals surface area contributed by atoms with E-state index in [2.05, 4.69) is 6.07 Å². The standard InChI is InChI=1S/C17H26N4O2/c1-14(22)21-10-8-20(9-11-21)13-15(12-18)17(23)19(2)16-6-4-3-5-7-16/h13,16H,3-11H2,1-2H3/b15-13-. The lowest BCUT2D eigenvalue weighted by Gasteiger charge is -2.34. The van der Waals surface area contributed by atoms with Gasteiger partial charge in [0, 0.05) is 52.4 Å². The Bertz CT molecular complexity index is 509. The number of likely N-dealkylation sites (N-methyl/N-ethyl adjacent to an activating group) is 1. The van der Waals surface area contributed by atoms with E-state index < -0.39 is 0 Å². The van der Waals surface area contributed by atoms with Crippen LogP contribution in [-0.4, -0.2) is 65.8 Å². The van der Waals surface area contributed by atoms with Crippen LogP contribution in [0.2, 0.25) is 0 Å². The highest BCUT2D eigenvalue weighted by molar-refractivity contribution is 5.97. The van der Waals surface area contributed by atoms with E-state index in [0.29, 0.717) is 26.2 Å². The quantitative estimate of drug-likeness (QED) is 0.582. The van der Waals surface area contributed by atoms with Gasteiger partial charge in [-0.2, -0.15) is 5.26 Å². The number of hydrogen-bond donors (Lipinski definition) is 0. The van der Waals surface area contributed by atoms with Crippen LogP contribution in [0.3, 0.4) is 0 Å². The average Bonchev–Trinajstić information content (AvgIpc) is 2.59. The molecule has 6 heteroatoms. The highest BCUT2D eigenvalue weighted by Gasteiger charge is 2.25. The van der Waals surface area contributed by atoms with E-state index in [-0.39, 0.29) is 23.4 Å². The smallest absolute Gasteiger partial charge is 0.265 e. The molecule has 0 radical (unpaired) electrons. The number of carbonyl (C=O) groups excluding carboxylic acids is 2. The Morgan fingerprint density at radius 2 is 1.74 bits per heavy atom. The summed E-state index contributed by atoms with van der Waals surface area (Å²) in [5.41, 5.74) is 0.189. The molecule has 0 atom stereocenters. The average molecular weight is 318 g/mol. The van der Waals surface area contributed by atoms with Crippen molar-refractivity contribution in [2.45, 2.75) is 45.1 Å². The molecule has 0 bridgehead atoms. The van der Waals surface area contributed by atoms with Crippen molar-refractivity contribution in [3.63, 3.8) is 0 Å². The summed E-state index contributed by atoms with van der Waals surface area (Å²) >= 11 is 0. The molecular weight excluding hydrogens is 292 g/mol. The van der Waals surface area contributed by atoms with Crippen molar-refractivity contribution in [2.75, 3.05) is 33.2 Å². The van der Waals surface area contributed by atoms with Gasteiger partial charge in [0.1, 0.15) is 11.6 Å². The van der Waals surface area contributed by atoms with Crippen molar-refractivity contribution < 1.29 is 9.59 Å². The lowest BCUT2D eigenvalue weighted by molar-refractivity contribution is -0.130. The molecule has 1 heterocycles. The molecule has 6 nitrogen and oxygen atoms in total. The van der Waals surface area contributed by atoms with E-state index in [1.165, 1.54) is 6.42 Å². The van der Waals surface area contributed by atoms with Crippen LogP contribution in [0.25, 0.3) is 0 Å². The topological polar surface area (TPSA) is 67.6 Å². The molecule has 2 aliphatic rings. The number of nitrogens with zero attached hydrogens (tertiary/aromatic N) is 4. The van der Waals surface area contributed by atoms with E-state index in [0.717, 1.165) is 25.7 Å². The highest BCUT2D eigenvalue weighted by atomic mass is 16.2. The largest absolute Gasteiger partial charge is 0.373 e. The Balaban J connectivity index is 1.97. The normalized spacial score (nSPS) is 20.1. The molecule has 0 aromatic heterocycles. The van der Waals surface area contributed by atoms with Gasteiger partial charge in [-0.3, -0.25) is 9.59 Å². The van der Waals surface area contributed by atoms with Gasteiger partial charge in [0.15, 0.2) is 0 Å².